The van der Waals surface area contributed by atoms with Crippen LogP contribution in [0.15, 0.2) is 59.5 Å². The van der Waals surface area contributed by atoms with Gasteiger partial charge in [-0.05, 0) is 37.4 Å². The van der Waals surface area contributed by atoms with E-state index in [1.54, 1.807) is 30.3 Å². The van der Waals surface area contributed by atoms with Crippen LogP contribution in [0.2, 0.25) is 0 Å². The van der Waals surface area contributed by atoms with Gasteiger partial charge in [-0.15, -0.1) is 0 Å². The van der Waals surface area contributed by atoms with Crippen LogP contribution in [0.1, 0.15) is 11.3 Å². The number of sulfonamides is 1. The monoisotopic (exact) mass is 312 g/mol. The van der Waals surface area contributed by atoms with E-state index in [-0.39, 0.29) is 4.90 Å². The van der Waals surface area contributed by atoms with Crippen molar-refractivity contribution in [3.8, 4) is 0 Å². The van der Waals surface area contributed by atoms with Crippen molar-refractivity contribution in [2.45, 2.75) is 18.7 Å². The fourth-order valence-corrected chi connectivity index (χ4v) is 3.33. The second-order valence-corrected chi connectivity index (χ2v) is 6.91. The van der Waals surface area contributed by atoms with E-state index in [0.29, 0.717) is 5.82 Å². The van der Waals surface area contributed by atoms with Crippen molar-refractivity contribution in [1.82, 2.24) is 4.98 Å². The summed E-state index contributed by atoms with van der Waals surface area (Å²) in [5.74, 6) is 0.330. The summed E-state index contributed by atoms with van der Waals surface area (Å²) in [6, 6.07) is 16.2. The zero-order valence-electron chi connectivity index (χ0n) is 12.4. The molecule has 3 aromatic rings. The smallest absolute Gasteiger partial charge is 0.263 e. The lowest BCUT2D eigenvalue weighted by Crippen LogP contribution is -2.14. The lowest BCUT2D eigenvalue weighted by atomic mass is 10.1. The van der Waals surface area contributed by atoms with Gasteiger partial charge in [0, 0.05) is 11.1 Å². The number of hydrogen-bond donors (Lipinski definition) is 1. The normalized spacial score (nSPS) is 11.5. The first-order valence-corrected chi connectivity index (χ1v) is 8.40. The fraction of sp³-hybridized carbons (Fsp3) is 0.118. The molecule has 0 amide bonds. The fourth-order valence-electron chi connectivity index (χ4n) is 2.34. The first-order valence-electron chi connectivity index (χ1n) is 6.91. The predicted octanol–water partition coefficient (Wildman–Crippen LogP) is 3.65. The number of hydrogen-bond acceptors (Lipinski definition) is 3. The van der Waals surface area contributed by atoms with Crippen molar-refractivity contribution in [3.63, 3.8) is 0 Å². The van der Waals surface area contributed by atoms with Crippen LogP contribution in [-0.2, 0) is 10.0 Å². The molecule has 0 saturated heterocycles. The highest BCUT2D eigenvalue weighted by Crippen LogP contribution is 2.22. The maximum atomic E-state index is 12.4. The van der Waals surface area contributed by atoms with Gasteiger partial charge >= 0.3 is 0 Å². The summed E-state index contributed by atoms with van der Waals surface area (Å²) >= 11 is 0. The van der Waals surface area contributed by atoms with Crippen LogP contribution in [0.5, 0.6) is 0 Å². The summed E-state index contributed by atoms with van der Waals surface area (Å²) < 4.78 is 27.4. The molecule has 112 valence electrons. The highest BCUT2D eigenvalue weighted by atomic mass is 32.2. The molecule has 0 radical (unpaired) electrons. The van der Waals surface area contributed by atoms with Crippen LogP contribution < -0.4 is 4.72 Å². The second-order valence-electron chi connectivity index (χ2n) is 5.23. The lowest BCUT2D eigenvalue weighted by Gasteiger charge is -2.10. The molecule has 3 rings (SSSR count). The molecule has 0 unspecified atom stereocenters. The third-order valence-electron chi connectivity index (χ3n) is 3.50. The summed E-state index contributed by atoms with van der Waals surface area (Å²) in [7, 11) is -3.63. The number of fused-ring (bicyclic) bond motifs is 1. The highest BCUT2D eigenvalue weighted by molar-refractivity contribution is 7.92. The van der Waals surface area contributed by atoms with Gasteiger partial charge in [-0.3, -0.25) is 4.72 Å². The van der Waals surface area contributed by atoms with Crippen molar-refractivity contribution >= 4 is 26.6 Å². The highest BCUT2D eigenvalue weighted by Gasteiger charge is 2.15. The van der Waals surface area contributed by atoms with Crippen LogP contribution in [-0.4, -0.2) is 13.4 Å². The minimum Gasteiger partial charge on any atom is -0.263 e. The van der Waals surface area contributed by atoms with E-state index >= 15 is 0 Å². The molecule has 0 aliphatic carbocycles. The summed E-state index contributed by atoms with van der Waals surface area (Å²) in [6.07, 6.45) is 0. The van der Waals surface area contributed by atoms with E-state index in [2.05, 4.69) is 9.71 Å². The summed E-state index contributed by atoms with van der Waals surface area (Å²) in [4.78, 5) is 4.57. The number of rotatable bonds is 3. The largest absolute Gasteiger partial charge is 0.263 e. The molecule has 0 atom stereocenters. The van der Waals surface area contributed by atoms with E-state index in [0.717, 1.165) is 22.0 Å². The molecule has 0 spiro atoms. The molecule has 5 heteroatoms. The Balaban J connectivity index is 2.00. The Kier molecular flexibility index (Phi) is 3.58. The van der Waals surface area contributed by atoms with Crippen LogP contribution in [0.3, 0.4) is 0 Å². The van der Waals surface area contributed by atoms with Crippen LogP contribution in [0.25, 0.3) is 10.8 Å². The molecule has 0 saturated carbocycles. The van der Waals surface area contributed by atoms with Crippen LogP contribution in [0, 0.1) is 13.8 Å². The van der Waals surface area contributed by atoms with E-state index in [9.17, 15) is 8.42 Å². The van der Waals surface area contributed by atoms with Gasteiger partial charge in [0.05, 0.1) is 4.90 Å². The van der Waals surface area contributed by atoms with Gasteiger partial charge in [0.1, 0.15) is 5.82 Å². The summed E-state index contributed by atoms with van der Waals surface area (Å²) in [5.41, 5.74) is 1.80. The third-order valence-corrected chi connectivity index (χ3v) is 4.87. The molecule has 0 aliphatic heterocycles. The maximum absolute atomic E-state index is 12.4. The van der Waals surface area contributed by atoms with Crippen molar-refractivity contribution in [3.05, 3.63) is 65.9 Å². The Labute approximate surface area is 129 Å². The first kappa shape index (κ1) is 14.5. The van der Waals surface area contributed by atoms with Gasteiger partial charge in [0.15, 0.2) is 0 Å². The third kappa shape index (κ3) is 2.80. The van der Waals surface area contributed by atoms with E-state index < -0.39 is 10.0 Å². The molecule has 0 bridgehead atoms. The van der Waals surface area contributed by atoms with E-state index in [1.165, 1.54) is 0 Å². The summed E-state index contributed by atoms with van der Waals surface area (Å²) in [6.45, 7) is 3.78. The number of nitrogens with one attached hydrogen (secondary N) is 1. The zero-order valence-corrected chi connectivity index (χ0v) is 13.2. The van der Waals surface area contributed by atoms with Crippen molar-refractivity contribution < 1.29 is 8.42 Å². The predicted molar refractivity (Wildman–Crippen MR) is 88.5 cm³/mol. The number of benzene rings is 2. The Morgan fingerprint density at radius 1 is 0.955 bits per heavy atom. The molecule has 22 heavy (non-hydrogen) atoms. The Hall–Kier alpha value is -2.40. The quantitative estimate of drug-likeness (QED) is 0.803. The number of anilines is 1. The standard InChI is InChI=1S/C17H16N2O2S/c1-12-7-9-15(10-8-12)22(20,21)19-17-11-14-5-3-4-6-16(14)13(2)18-17/h3-11H,1-2H3,(H,18,19). The SMILES string of the molecule is Cc1ccc(S(=O)(=O)Nc2cc3ccccc3c(C)n2)cc1. The maximum Gasteiger partial charge on any atom is 0.263 e. The molecular formula is C17H16N2O2S. The molecule has 1 heterocycles. The van der Waals surface area contributed by atoms with E-state index in [1.807, 2.05) is 38.1 Å². The van der Waals surface area contributed by atoms with Crippen LogP contribution >= 0.6 is 0 Å². The molecule has 4 nitrogen and oxygen atoms in total. The van der Waals surface area contributed by atoms with Crippen molar-refractivity contribution in [2.75, 3.05) is 4.72 Å². The average Bonchev–Trinajstić information content (AvgIpc) is 2.47. The number of aryl methyl sites for hydroxylation is 2. The van der Waals surface area contributed by atoms with Crippen LogP contribution in [0.4, 0.5) is 5.82 Å². The topological polar surface area (TPSA) is 59.1 Å². The molecule has 0 fully saturated rings. The van der Waals surface area contributed by atoms with Gasteiger partial charge in [-0.25, -0.2) is 13.4 Å². The number of nitrogens with zero attached hydrogens (tertiary/aromatic N) is 1. The molecular weight excluding hydrogens is 296 g/mol. The second kappa shape index (κ2) is 5.42. The van der Waals surface area contributed by atoms with Gasteiger partial charge in [0.2, 0.25) is 0 Å². The Morgan fingerprint density at radius 2 is 1.64 bits per heavy atom. The number of pyridine rings is 1. The molecule has 0 aliphatic rings. The van der Waals surface area contributed by atoms with Gasteiger partial charge < -0.3 is 0 Å². The zero-order chi connectivity index (χ0) is 15.7. The van der Waals surface area contributed by atoms with Crippen molar-refractivity contribution in [2.24, 2.45) is 0 Å². The average molecular weight is 312 g/mol. The molecule has 2 aromatic carbocycles. The first-order chi connectivity index (χ1) is 10.5. The Bertz CT molecular complexity index is 933. The minimum atomic E-state index is -3.63. The molecule has 1 N–H and O–H groups in total. The summed E-state index contributed by atoms with van der Waals surface area (Å²) in [5, 5.41) is 1.97. The Morgan fingerprint density at radius 3 is 2.36 bits per heavy atom. The lowest BCUT2D eigenvalue weighted by molar-refractivity contribution is 0.601. The minimum absolute atomic E-state index is 0.228. The van der Waals surface area contributed by atoms with Gasteiger partial charge in [-0.2, -0.15) is 0 Å². The van der Waals surface area contributed by atoms with Crippen molar-refractivity contribution in [1.29, 1.82) is 0 Å². The van der Waals surface area contributed by atoms with Gasteiger partial charge in [-0.1, -0.05) is 42.0 Å². The number of aromatic nitrogens is 1. The molecule has 1 aromatic heterocycles. The van der Waals surface area contributed by atoms with E-state index in [4.69, 9.17) is 0 Å². The van der Waals surface area contributed by atoms with Gasteiger partial charge in [0.25, 0.3) is 10.0 Å².